The molecule has 1 saturated carbocycles. The molecule has 0 bridgehead atoms. The molecule has 3 rings (SSSR count). The lowest BCUT2D eigenvalue weighted by Gasteiger charge is -2.36. The van der Waals surface area contributed by atoms with Crippen molar-refractivity contribution in [2.75, 3.05) is 5.32 Å². The van der Waals surface area contributed by atoms with Gasteiger partial charge in [-0.05, 0) is 44.4 Å². The van der Waals surface area contributed by atoms with E-state index in [0.29, 0.717) is 35.4 Å². The number of nitriles is 1. The molecular formula is C24H27FN2O2. The Morgan fingerprint density at radius 3 is 2.62 bits per heavy atom. The van der Waals surface area contributed by atoms with Crippen LogP contribution in [0, 0.1) is 17.1 Å². The number of anilines is 1. The second kappa shape index (κ2) is 9.09. The Kier molecular flexibility index (Phi) is 6.53. The molecule has 0 aromatic heterocycles. The van der Waals surface area contributed by atoms with Crippen molar-refractivity contribution in [3.8, 4) is 11.8 Å². The lowest BCUT2D eigenvalue weighted by molar-refractivity contribution is -0.122. The maximum absolute atomic E-state index is 14.6. The van der Waals surface area contributed by atoms with Crippen molar-refractivity contribution in [2.45, 2.75) is 63.9 Å². The largest absolute Gasteiger partial charge is 0.491 e. The monoisotopic (exact) mass is 394 g/mol. The van der Waals surface area contributed by atoms with Gasteiger partial charge in [-0.2, -0.15) is 5.26 Å². The predicted octanol–water partition coefficient (Wildman–Crippen LogP) is 5.72. The molecular weight excluding hydrogens is 367 g/mol. The maximum Gasteiger partial charge on any atom is 0.235 e. The Labute approximate surface area is 171 Å². The first-order chi connectivity index (χ1) is 14.0. The summed E-state index contributed by atoms with van der Waals surface area (Å²) in [4.78, 5) is 13.4. The lowest BCUT2D eigenvalue weighted by Crippen LogP contribution is -2.42. The van der Waals surface area contributed by atoms with Crippen LogP contribution in [0.3, 0.4) is 0 Å². The summed E-state index contributed by atoms with van der Waals surface area (Å²) in [6.07, 6.45) is 4.85. The molecule has 29 heavy (non-hydrogen) atoms. The summed E-state index contributed by atoms with van der Waals surface area (Å²) in [5.74, 6) is -0.0212. The molecule has 152 valence electrons. The third-order valence-corrected chi connectivity index (χ3v) is 5.80. The van der Waals surface area contributed by atoms with Gasteiger partial charge in [-0.3, -0.25) is 4.79 Å². The Hall–Kier alpha value is -2.87. The summed E-state index contributed by atoms with van der Waals surface area (Å²) in [6, 6.07) is 13.7. The number of hydrogen-bond acceptors (Lipinski definition) is 3. The Morgan fingerprint density at radius 1 is 1.24 bits per heavy atom. The fourth-order valence-electron chi connectivity index (χ4n) is 3.98. The molecule has 1 atom stereocenters. The highest BCUT2D eigenvalue weighted by Crippen LogP contribution is 2.41. The molecule has 0 radical (unpaired) electrons. The Bertz CT molecular complexity index is 913. The first-order valence-corrected chi connectivity index (χ1v) is 10.3. The number of ether oxygens (including phenoxy) is 1. The number of benzene rings is 2. The highest BCUT2D eigenvalue weighted by molar-refractivity contribution is 6.00. The highest BCUT2D eigenvalue weighted by atomic mass is 19.1. The zero-order chi connectivity index (χ0) is 20.9. The van der Waals surface area contributed by atoms with Crippen molar-refractivity contribution >= 4 is 11.6 Å². The molecule has 1 N–H and O–H groups in total. The number of halogens is 1. The molecule has 0 heterocycles. The second-order valence-corrected chi connectivity index (χ2v) is 7.73. The molecule has 1 aliphatic carbocycles. The predicted molar refractivity (Wildman–Crippen MR) is 111 cm³/mol. The van der Waals surface area contributed by atoms with Crippen LogP contribution in [-0.4, -0.2) is 12.0 Å². The third kappa shape index (κ3) is 4.42. The van der Waals surface area contributed by atoms with Crippen molar-refractivity contribution < 1.29 is 13.9 Å². The quantitative estimate of drug-likeness (QED) is 0.682. The van der Waals surface area contributed by atoms with Crippen molar-refractivity contribution in [1.29, 1.82) is 5.26 Å². The van der Waals surface area contributed by atoms with Gasteiger partial charge in [-0.1, -0.05) is 44.4 Å². The Balaban J connectivity index is 1.91. The number of amides is 1. The smallest absolute Gasteiger partial charge is 0.235 e. The fraction of sp³-hybridized carbons (Fsp3) is 0.417. The second-order valence-electron chi connectivity index (χ2n) is 7.73. The number of carbonyl (C=O) groups excluding carboxylic acids is 1. The molecule has 1 amide bonds. The average Bonchev–Trinajstić information content (AvgIpc) is 2.75. The summed E-state index contributed by atoms with van der Waals surface area (Å²) >= 11 is 0. The van der Waals surface area contributed by atoms with Crippen molar-refractivity contribution in [2.24, 2.45) is 0 Å². The summed E-state index contributed by atoms with van der Waals surface area (Å²) < 4.78 is 20.4. The van der Waals surface area contributed by atoms with Crippen LogP contribution in [0.2, 0.25) is 0 Å². The highest BCUT2D eigenvalue weighted by Gasteiger charge is 2.43. The summed E-state index contributed by atoms with van der Waals surface area (Å²) in [5.41, 5.74) is 0.281. The van der Waals surface area contributed by atoms with Crippen LogP contribution >= 0.6 is 0 Å². The van der Waals surface area contributed by atoms with Gasteiger partial charge in [0.15, 0.2) is 0 Å². The van der Waals surface area contributed by atoms with Crippen molar-refractivity contribution in [3.05, 3.63) is 59.4 Å². The van der Waals surface area contributed by atoms with Crippen LogP contribution < -0.4 is 10.1 Å². The van der Waals surface area contributed by atoms with E-state index in [1.54, 1.807) is 36.4 Å². The minimum atomic E-state index is -0.914. The molecule has 0 spiro atoms. The topological polar surface area (TPSA) is 62.1 Å². The minimum absolute atomic E-state index is 0.0357. The molecule has 0 unspecified atom stereocenters. The van der Waals surface area contributed by atoms with Crippen molar-refractivity contribution in [3.63, 3.8) is 0 Å². The molecule has 2 aromatic carbocycles. The molecule has 1 fully saturated rings. The van der Waals surface area contributed by atoms with E-state index in [1.807, 2.05) is 13.8 Å². The van der Waals surface area contributed by atoms with Gasteiger partial charge in [0.25, 0.3) is 0 Å². The van der Waals surface area contributed by atoms with Crippen LogP contribution in [0.1, 0.15) is 63.5 Å². The molecule has 2 aromatic rings. The molecule has 4 nitrogen and oxygen atoms in total. The lowest BCUT2D eigenvalue weighted by atomic mass is 9.68. The van der Waals surface area contributed by atoms with Gasteiger partial charge in [0, 0.05) is 11.6 Å². The van der Waals surface area contributed by atoms with Gasteiger partial charge in [0.05, 0.1) is 22.8 Å². The SMILES string of the molecule is CC[C@H](C)Oc1ccc(NC(=O)C2(c3ccccc3F)CCCCC2)c(C#N)c1. The van der Waals surface area contributed by atoms with Gasteiger partial charge < -0.3 is 10.1 Å². The van der Waals surface area contributed by atoms with Gasteiger partial charge in [-0.25, -0.2) is 4.39 Å². The first kappa shape index (κ1) is 20.9. The van der Waals surface area contributed by atoms with E-state index in [0.717, 1.165) is 25.7 Å². The zero-order valence-electron chi connectivity index (χ0n) is 17.0. The molecule has 0 saturated heterocycles. The fourth-order valence-corrected chi connectivity index (χ4v) is 3.98. The standard InChI is InChI=1S/C24H27FN2O2/c1-3-17(2)29-19-11-12-22(18(15-19)16-26)27-23(28)24(13-7-4-8-14-24)20-9-5-6-10-21(20)25/h5-6,9-12,15,17H,3-4,7-8,13-14H2,1-2H3,(H,27,28)/t17-/m0/s1. The van der Waals surface area contributed by atoms with Gasteiger partial charge >= 0.3 is 0 Å². The normalized spacial score (nSPS) is 16.5. The van der Waals surface area contributed by atoms with Gasteiger partial charge in [0.1, 0.15) is 17.6 Å². The third-order valence-electron chi connectivity index (χ3n) is 5.80. The summed E-state index contributed by atoms with van der Waals surface area (Å²) in [6.45, 7) is 3.99. The molecule has 5 heteroatoms. The number of nitrogens with one attached hydrogen (secondary N) is 1. The minimum Gasteiger partial charge on any atom is -0.491 e. The number of hydrogen-bond donors (Lipinski definition) is 1. The average molecular weight is 394 g/mol. The molecule has 1 aliphatic rings. The zero-order valence-corrected chi connectivity index (χ0v) is 17.0. The van der Waals surface area contributed by atoms with E-state index in [4.69, 9.17) is 4.74 Å². The van der Waals surface area contributed by atoms with E-state index in [-0.39, 0.29) is 17.8 Å². The van der Waals surface area contributed by atoms with E-state index in [1.165, 1.54) is 6.07 Å². The van der Waals surface area contributed by atoms with Crippen LogP contribution in [-0.2, 0) is 10.2 Å². The number of carbonyl (C=O) groups is 1. The van der Waals surface area contributed by atoms with Crippen LogP contribution in [0.4, 0.5) is 10.1 Å². The van der Waals surface area contributed by atoms with Crippen LogP contribution in [0.15, 0.2) is 42.5 Å². The van der Waals surface area contributed by atoms with Gasteiger partial charge in [-0.15, -0.1) is 0 Å². The van der Waals surface area contributed by atoms with Crippen molar-refractivity contribution in [1.82, 2.24) is 0 Å². The first-order valence-electron chi connectivity index (χ1n) is 10.3. The van der Waals surface area contributed by atoms with Crippen LogP contribution in [0.5, 0.6) is 5.75 Å². The summed E-state index contributed by atoms with van der Waals surface area (Å²) in [5, 5.41) is 12.5. The van der Waals surface area contributed by atoms with E-state index in [9.17, 15) is 14.4 Å². The van der Waals surface area contributed by atoms with E-state index < -0.39 is 5.41 Å². The van der Waals surface area contributed by atoms with E-state index >= 15 is 0 Å². The van der Waals surface area contributed by atoms with Gasteiger partial charge in [0.2, 0.25) is 5.91 Å². The molecule has 0 aliphatic heterocycles. The maximum atomic E-state index is 14.6. The van der Waals surface area contributed by atoms with Crippen LogP contribution in [0.25, 0.3) is 0 Å². The van der Waals surface area contributed by atoms with E-state index in [2.05, 4.69) is 11.4 Å². The summed E-state index contributed by atoms with van der Waals surface area (Å²) in [7, 11) is 0. The number of nitrogens with zero attached hydrogens (tertiary/aromatic N) is 1. The Morgan fingerprint density at radius 2 is 1.97 bits per heavy atom. The number of rotatable bonds is 6.